The number of aromatic nitrogens is 1. The number of nitrogens with zero attached hydrogens (tertiary/aromatic N) is 1. The number of thiocarbonyl (C=S) groups is 1. The molecule has 0 aliphatic heterocycles. The van der Waals surface area contributed by atoms with Crippen LogP contribution in [-0.2, 0) is 4.74 Å². The molecule has 28 heavy (non-hydrogen) atoms. The van der Waals surface area contributed by atoms with E-state index >= 15 is 0 Å². The van der Waals surface area contributed by atoms with Crippen LogP contribution >= 0.6 is 23.6 Å². The highest BCUT2D eigenvalue weighted by atomic mass is 32.1. The van der Waals surface area contributed by atoms with Crippen molar-refractivity contribution in [3.8, 4) is 5.75 Å². The molecule has 2 N–H and O–H groups in total. The molecule has 9 heteroatoms. The Hall–Kier alpha value is -3.04. The summed E-state index contributed by atoms with van der Waals surface area (Å²) in [5, 5.41) is 6.14. The zero-order chi connectivity index (χ0) is 20.1. The van der Waals surface area contributed by atoms with Crippen LogP contribution in [0.15, 0.2) is 42.5 Å². The topological polar surface area (TPSA) is 89.5 Å². The third-order valence-electron chi connectivity index (χ3n) is 3.66. The zero-order valence-electron chi connectivity index (χ0n) is 15.1. The lowest BCUT2D eigenvalue weighted by Gasteiger charge is -2.08. The summed E-state index contributed by atoms with van der Waals surface area (Å²) in [6.45, 7) is 2.39. The molecule has 3 aromatic rings. The minimum absolute atomic E-state index is 0.124. The van der Waals surface area contributed by atoms with E-state index in [0.29, 0.717) is 34.1 Å². The predicted octanol–water partition coefficient (Wildman–Crippen LogP) is 3.61. The largest absolute Gasteiger partial charge is 0.494 e. The Morgan fingerprint density at radius 3 is 2.75 bits per heavy atom. The molecule has 0 unspecified atom stereocenters. The SMILES string of the molecule is CCOc1cccc(C(=O)NC(=S)Nc2nc3ccc(C(=O)OC)cc3s2)c1. The van der Waals surface area contributed by atoms with Gasteiger partial charge in [-0.05, 0) is 55.5 Å². The fraction of sp³-hybridized carbons (Fsp3) is 0.158. The predicted molar refractivity (Wildman–Crippen MR) is 112 cm³/mol. The molecular weight excluding hydrogens is 398 g/mol. The first-order valence-corrected chi connectivity index (χ1v) is 9.56. The van der Waals surface area contributed by atoms with Gasteiger partial charge < -0.3 is 14.8 Å². The molecule has 1 aromatic heterocycles. The summed E-state index contributed by atoms with van der Waals surface area (Å²) in [5.41, 5.74) is 1.58. The van der Waals surface area contributed by atoms with Gasteiger partial charge in [0, 0.05) is 5.56 Å². The highest BCUT2D eigenvalue weighted by Gasteiger charge is 2.12. The third-order valence-corrected chi connectivity index (χ3v) is 4.80. The Labute approximate surface area is 170 Å². The van der Waals surface area contributed by atoms with Crippen molar-refractivity contribution in [3.05, 3.63) is 53.6 Å². The number of amides is 1. The Bertz CT molecular complexity index is 1050. The number of carbonyl (C=O) groups excluding carboxylic acids is 2. The molecule has 144 valence electrons. The molecule has 0 radical (unpaired) electrons. The summed E-state index contributed by atoms with van der Waals surface area (Å²) < 4.78 is 10.9. The van der Waals surface area contributed by atoms with Crippen molar-refractivity contribution in [1.82, 2.24) is 10.3 Å². The zero-order valence-corrected chi connectivity index (χ0v) is 16.8. The Balaban J connectivity index is 1.68. The summed E-state index contributed by atoms with van der Waals surface area (Å²) in [7, 11) is 1.33. The van der Waals surface area contributed by atoms with Gasteiger partial charge in [-0.3, -0.25) is 10.1 Å². The first-order chi connectivity index (χ1) is 13.5. The lowest BCUT2D eigenvalue weighted by molar-refractivity contribution is 0.0600. The van der Waals surface area contributed by atoms with Crippen LogP contribution in [0.5, 0.6) is 5.75 Å². The molecule has 1 amide bonds. The van der Waals surface area contributed by atoms with E-state index in [0.717, 1.165) is 4.70 Å². The number of methoxy groups -OCH3 is 1. The van der Waals surface area contributed by atoms with Gasteiger partial charge in [0.1, 0.15) is 5.75 Å². The maximum Gasteiger partial charge on any atom is 0.337 e. The van der Waals surface area contributed by atoms with Crippen LogP contribution in [0.2, 0.25) is 0 Å². The molecule has 0 saturated heterocycles. The summed E-state index contributed by atoms with van der Waals surface area (Å²) in [6.07, 6.45) is 0. The van der Waals surface area contributed by atoms with E-state index in [4.69, 9.17) is 21.7 Å². The van der Waals surface area contributed by atoms with E-state index in [9.17, 15) is 9.59 Å². The number of ether oxygens (including phenoxy) is 2. The van der Waals surface area contributed by atoms with Gasteiger partial charge in [0.15, 0.2) is 10.2 Å². The van der Waals surface area contributed by atoms with Gasteiger partial charge in [-0.25, -0.2) is 9.78 Å². The first kappa shape index (κ1) is 19.7. The van der Waals surface area contributed by atoms with Crippen LogP contribution in [0.4, 0.5) is 5.13 Å². The standard InChI is InChI=1S/C19H17N3O4S2/c1-3-26-13-6-4-5-11(9-13)16(23)21-18(27)22-19-20-14-8-7-12(17(24)25-2)10-15(14)28-19/h4-10H,3H2,1-2H3,(H2,20,21,22,23,27). The molecule has 0 aliphatic carbocycles. The Morgan fingerprint density at radius 1 is 1.18 bits per heavy atom. The number of hydrogen-bond donors (Lipinski definition) is 2. The second kappa shape index (κ2) is 8.77. The third kappa shape index (κ3) is 4.62. The van der Waals surface area contributed by atoms with E-state index < -0.39 is 5.97 Å². The quantitative estimate of drug-likeness (QED) is 0.486. The fourth-order valence-corrected chi connectivity index (χ4v) is 3.58. The maximum atomic E-state index is 12.4. The average Bonchev–Trinajstić information content (AvgIpc) is 3.08. The van der Waals surface area contributed by atoms with Gasteiger partial charge in [-0.2, -0.15) is 0 Å². The summed E-state index contributed by atoms with van der Waals surface area (Å²) >= 11 is 6.52. The molecule has 3 rings (SSSR count). The number of rotatable bonds is 5. The average molecular weight is 415 g/mol. The normalized spacial score (nSPS) is 10.4. The number of nitrogens with one attached hydrogen (secondary N) is 2. The van der Waals surface area contributed by atoms with Gasteiger partial charge in [0.2, 0.25) is 0 Å². The molecule has 0 aliphatic rings. The number of carbonyl (C=O) groups is 2. The monoisotopic (exact) mass is 415 g/mol. The van der Waals surface area contributed by atoms with Gasteiger partial charge >= 0.3 is 5.97 Å². The smallest absolute Gasteiger partial charge is 0.337 e. The van der Waals surface area contributed by atoms with Gasteiger partial charge in [-0.15, -0.1) is 0 Å². The van der Waals surface area contributed by atoms with Gasteiger partial charge in [0.05, 0.1) is 29.5 Å². The summed E-state index contributed by atoms with van der Waals surface area (Å²) in [6, 6.07) is 11.9. The molecule has 0 saturated carbocycles. The number of hydrogen-bond acceptors (Lipinski definition) is 7. The summed E-state index contributed by atoms with van der Waals surface area (Å²) in [4.78, 5) is 28.4. The lowest BCUT2D eigenvalue weighted by atomic mass is 10.2. The van der Waals surface area contributed by atoms with Crippen molar-refractivity contribution in [2.75, 3.05) is 19.0 Å². The molecule has 0 fully saturated rings. The second-order valence-corrected chi connectivity index (χ2v) is 7.00. The maximum absolute atomic E-state index is 12.4. The van der Waals surface area contributed by atoms with E-state index in [1.807, 2.05) is 6.92 Å². The van der Waals surface area contributed by atoms with Crippen LogP contribution in [-0.4, -0.2) is 35.7 Å². The van der Waals surface area contributed by atoms with Crippen molar-refractivity contribution < 1.29 is 19.1 Å². The second-order valence-electron chi connectivity index (χ2n) is 5.56. The van der Waals surface area contributed by atoms with Crippen LogP contribution in [0, 0.1) is 0 Å². The van der Waals surface area contributed by atoms with Crippen molar-refractivity contribution in [2.24, 2.45) is 0 Å². The van der Waals surface area contributed by atoms with Crippen molar-refractivity contribution >= 4 is 55.9 Å². The molecule has 7 nitrogen and oxygen atoms in total. The van der Waals surface area contributed by atoms with Crippen LogP contribution in [0.25, 0.3) is 10.2 Å². The minimum Gasteiger partial charge on any atom is -0.494 e. The molecular formula is C19H17N3O4S2. The molecule has 2 aromatic carbocycles. The highest BCUT2D eigenvalue weighted by Crippen LogP contribution is 2.27. The fourth-order valence-electron chi connectivity index (χ4n) is 2.42. The van der Waals surface area contributed by atoms with E-state index in [1.165, 1.54) is 18.4 Å². The number of fused-ring (bicyclic) bond motifs is 1. The lowest BCUT2D eigenvalue weighted by Crippen LogP contribution is -2.34. The molecule has 0 atom stereocenters. The van der Waals surface area contributed by atoms with Gasteiger partial charge in [-0.1, -0.05) is 17.4 Å². The van der Waals surface area contributed by atoms with Crippen LogP contribution in [0.1, 0.15) is 27.6 Å². The summed E-state index contributed by atoms with van der Waals surface area (Å²) in [5.74, 6) is -0.156. The van der Waals surface area contributed by atoms with E-state index in [2.05, 4.69) is 15.6 Å². The van der Waals surface area contributed by atoms with Crippen molar-refractivity contribution in [3.63, 3.8) is 0 Å². The number of thiazole rings is 1. The molecule has 0 bridgehead atoms. The first-order valence-electron chi connectivity index (χ1n) is 8.34. The van der Waals surface area contributed by atoms with E-state index in [1.54, 1.807) is 42.5 Å². The van der Waals surface area contributed by atoms with E-state index in [-0.39, 0.29) is 11.0 Å². The van der Waals surface area contributed by atoms with Crippen LogP contribution in [0.3, 0.4) is 0 Å². The van der Waals surface area contributed by atoms with Crippen molar-refractivity contribution in [2.45, 2.75) is 6.92 Å². The van der Waals surface area contributed by atoms with Gasteiger partial charge in [0.25, 0.3) is 5.91 Å². The van der Waals surface area contributed by atoms with Crippen molar-refractivity contribution in [1.29, 1.82) is 0 Å². The highest BCUT2D eigenvalue weighted by molar-refractivity contribution is 7.80. The Morgan fingerprint density at radius 2 is 2.00 bits per heavy atom. The Kier molecular flexibility index (Phi) is 6.17. The number of benzene rings is 2. The number of esters is 1. The van der Waals surface area contributed by atoms with Crippen LogP contribution < -0.4 is 15.4 Å². The number of anilines is 1. The molecule has 1 heterocycles. The minimum atomic E-state index is -0.415. The molecule has 0 spiro atoms.